The summed E-state index contributed by atoms with van der Waals surface area (Å²) >= 11 is 0. The van der Waals surface area contributed by atoms with E-state index >= 15 is 0 Å². The third kappa shape index (κ3) is 4.86. The van der Waals surface area contributed by atoms with E-state index in [0.717, 1.165) is 19.0 Å². The number of rotatable bonds is 8. The van der Waals surface area contributed by atoms with Crippen molar-refractivity contribution in [1.29, 1.82) is 0 Å². The number of hydrogen-bond acceptors (Lipinski definition) is 3. The number of ether oxygens (including phenoxy) is 1. The molecular weight excluding hydrogens is 250 g/mol. The number of likely N-dealkylation sites (N-methyl/N-ethyl adjacent to an activating group) is 2. The first-order valence-corrected chi connectivity index (χ1v) is 6.38. The smallest absolute Gasteiger partial charge is 0.163 e. The lowest BCUT2D eigenvalue weighted by Crippen LogP contribution is -2.32. The van der Waals surface area contributed by atoms with Crippen molar-refractivity contribution in [3.63, 3.8) is 0 Å². The molecule has 19 heavy (non-hydrogen) atoms. The molecule has 0 spiro atoms. The van der Waals surface area contributed by atoms with Gasteiger partial charge < -0.3 is 15.0 Å². The highest BCUT2D eigenvalue weighted by atomic mass is 19.2. The molecule has 108 valence electrons. The SMILES string of the molecule is CNC(CN(C)CCCOC)c1cccc(F)c1F. The van der Waals surface area contributed by atoms with Gasteiger partial charge in [-0.2, -0.15) is 0 Å². The van der Waals surface area contributed by atoms with Crippen molar-refractivity contribution >= 4 is 0 Å². The Morgan fingerprint density at radius 1 is 1.37 bits per heavy atom. The maximum absolute atomic E-state index is 13.7. The monoisotopic (exact) mass is 272 g/mol. The zero-order chi connectivity index (χ0) is 14.3. The molecule has 1 N–H and O–H groups in total. The van der Waals surface area contributed by atoms with Gasteiger partial charge in [0.1, 0.15) is 0 Å². The van der Waals surface area contributed by atoms with Gasteiger partial charge >= 0.3 is 0 Å². The Hall–Kier alpha value is -1.04. The standard InChI is InChI=1S/C14H22F2N2O/c1-17-13(10-18(2)8-5-9-19-3)11-6-4-7-12(15)14(11)16/h4,6-7,13,17H,5,8-10H2,1-3H3. The molecule has 0 saturated carbocycles. The average Bonchev–Trinajstić information content (AvgIpc) is 2.40. The van der Waals surface area contributed by atoms with Crippen LogP contribution in [0.4, 0.5) is 8.78 Å². The Morgan fingerprint density at radius 3 is 2.74 bits per heavy atom. The molecule has 0 heterocycles. The lowest BCUT2D eigenvalue weighted by molar-refractivity contribution is 0.176. The Balaban J connectivity index is 2.64. The van der Waals surface area contributed by atoms with Crippen molar-refractivity contribution in [1.82, 2.24) is 10.2 Å². The van der Waals surface area contributed by atoms with E-state index in [2.05, 4.69) is 10.2 Å². The summed E-state index contributed by atoms with van der Waals surface area (Å²) in [5.74, 6) is -1.58. The van der Waals surface area contributed by atoms with Crippen LogP contribution in [-0.4, -0.2) is 45.8 Å². The van der Waals surface area contributed by atoms with Crippen LogP contribution in [0.15, 0.2) is 18.2 Å². The summed E-state index contributed by atoms with van der Waals surface area (Å²) in [5, 5.41) is 3.03. The molecule has 0 aliphatic carbocycles. The maximum Gasteiger partial charge on any atom is 0.163 e. The highest BCUT2D eigenvalue weighted by Gasteiger charge is 2.18. The minimum Gasteiger partial charge on any atom is -0.385 e. The van der Waals surface area contributed by atoms with E-state index in [0.29, 0.717) is 18.7 Å². The van der Waals surface area contributed by atoms with Crippen LogP contribution in [0.25, 0.3) is 0 Å². The third-order valence-corrected chi connectivity index (χ3v) is 3.09. The Kier molecular flexibility index (Phi) is 6.91. The molecule has 0 fully saturated rings. The van der Waals surface area contributed by atoms with Crippen LogP contribution >= 0.6 is 0 Å². The van der Waals surface area contributed by atoms with E-state index in [4.69, 9.17) is 4.74 Å². The van der Waals surface area contributed by atoms with E-state index in [1.165, 1.54) is 6.07 Å². The second-order valence-electron chi connectivity index (χ2n) is 4.59. The molecule has 0 aliphatic heterocycles. The summed E-state index contributed by atoms with van der Waals surface area (Å²) in [6.45, 7) is 2.16. The Labute approximate surface area is 113 Å². The van der Waals surface area contributed by atoms with Crippen LogP contribution in [0.1, 0.15) is 18.0 Å². The molecule has 5 heteroatoms. The van der Waals surface area contributed by atoms with Gasteiger partial charge in [-0.05, 0) is 26.6 Å². The molecule has 0 amide bonds. The number of halogens is 2. The van der Waals surface area contributed by atoms with Gasteiger partial charge in [-0.3, -0.25) is 0 Å². The summed E-state index contributed by atoms with van der Waals surface area (Å²) < 4.78 is 32.0. The van der Waals surface area contributed by atoms with E-state index in [1.54, 1.807) is 20.2 Å². The fourth-order valence-electron chi connectivity index (χ4n) is 2.02. The second kappa shape index (κ2) is 8.19. The second-order valence-corrected chi connectivity index (χ2v) is 4.59. The van der Waals surface area contributed by atoms with Crippen molar-refractivity contribution < 1.29 is 13.5 Å². The molecule has 1 rings (SSSR count). The first kappa shape index (κ1) is 16.0. The number of hydrogen-bond donors (Lipinski definition) is 1. The molecule has 0 aliphatic rings. The molecule has 1 atom stereocenters. The number of nitrogens with zero attached hydrogens (tertiary/aromatic N) is 1. The molecular formula is C14H22F2N2O. The van der Waals surface area contributed by atoms with Crippen LogP contribution in [0.2, 0.25) is 0 Å². The Bertz CT molecular complexity index is 388. The van der Waals surface area contributed by atoms with E-state index in [-0.39, 0.29) is 6.04 Å². The summed E-state index contributed by atoms with van der Waals surface area (Å²) in [4.78, 5) is 2.07. The topological polar surface area (TPSA) is 24.5 Å². The van der Waals surface area contributed by atoms with Crippen molar-refractivity contribution in [2.24, 2.45) is 0 Å². The van der Waals surface area contributed by atoms with Crippen molar-refractivity contribution in [2.45, 2.75) is 12.5 Å². The van der Waals surface area contributed by atoms with Gasteiger partial charge in [0.05, 0.1) is 0 Å². The van der Waals surface area contributed by atoms with Crippen LogP contribution in [0.5, 0.6) is 0 Å². The van der Waals surface area contributed by atoms with Gasteiger partial charge in [-0.15, -0.1) is 0 Å². The van der Waals surface area contributed by atoms with Crippen LogP contribution < -0.4 is 5.32 Å². The fourth-order valence-corrected chi connectivity index (χ4v) is 2.02. The van der Waals surface area contributed by atoms with E-state index in [9.17, 15) is 8.78 Å². The molecule has 0 saturated heterocycles. The lowest BCUT2D eigenvalue weighted by atomic mass is 10.1. The lowest BCUT2D eigenvalue weighted by Gasteiger charge is -2.24. The first-order chi connectivity index (χ1) is 9.10. The zero-order valence-corrected chi connectivity index (χ0v) is 11.7. The highest BCUT2D eigenvalue weighted by molar-refractivity contribution is 5.22. The van der Waals surface area contributed by atoms with Crippen molar-refractivity contribution in [3.05, 3.63) is 35.4 Å². The van der Waals surface area contributed by atoms with Crippen molar-refractivity contribution in [2.75, 3.05) is 40.9 Å². The molecule has 1 unspecified atom stereocenters. The molecule has 1 aromatic rings. The van der Waals surface area contributed by atoms with Gasteiger partial charge in [-0.25, -0.2) is 8.78 Å². The first-order valence-electron chi connectivity index (χ1n) is 6.38. The predicted molar refractivity (Wildman–Crippen MR) is 72.1 cm³/mol. The van der Waals surface area contributed by atoms with Gasteiger partial charge in [0.15, 0.2) is 11.6 Å². The van der Waals surface area contributed by atoms with E-state index in [1.807, 2.05) is 7.05 Å². The number of benzene rings is 1. The van der Waals surface area contributed by atoms with Crippen LogP contribution in [0.3, 0.4) is 0 Å². The van der Waals surface area contributed by atoms with Gasteiger partial charge in [0.25, 0.3) is 0 Å². The predicted octanol–water partition coefficient (Wildman–Crippen LogP) is 2.19. The number of methoxy groups -OCH3 is 1. The molecule has 0 radical (unpaired) electrons. The summed E-state index contributed by atoms with van der Waals surface area (Å²) in [6, 6.07) is 4.04. The normalized spacial score (nSPS) is 12.9. The average molecular weight is 272 g/mol. The molecule has 0 aromatic heterocycles. The van der Waals surface area contributed by atoms with E-state index < -0.39 is 11.6 Å². The van der Waals surface area contributed by atoms with Gasteiger partial charge in [0.2, 0.25) is 0 Å². The highest BCUT2D eigenvalue weighted by Crippen LogP contribution is 2.19. The molecule has 3 nitrogen and oxygen atoms in total. The summed E-state index contributed by atoms with van der Waals surface area (Å²) in [5.41, 5.74) is 0.362. The third-order valence-electron chi connectivity index (χ3n) is 3.09. The van der Waals surface area contributed by atoms with Crippen LogP contribution in [-0.2, 0) is 4.74 Å². The Morgan fingerprint density at radius 2 is 2.11 bits per heavy atom. The van der Waals surface area contributed by atoms with Crippen molar-refractivity contribution in [3.8, 4) is 0 Å². The summed E-state index contributed by atoms with van der Waals surface area (Å²) in [6.07, 6.45) is 0.912. The minimum absolute atomic E-state index is 0.233. The minimum atomic E-state index is -0.806. The fraction of sp³-hybridized carbons (Fsp3) is 0.571. The number of nitrogens with one attached hydrogen (secondary N) is 1. The summed E-state index contributed by atoms with van der Waals surface area (Å²) in [7, 11) is 5.37. The zero-order valence-electron chi connectivity index (χ0n) is 11.7. The molecule has 0 bridgehead atoms. The van der Waals surface area contributed by atoms with Gasteiger partial charge in [-0.1, -0.05) is 12.1 Å². The molecule has 1 aromatic carbocycles. The largest absolute Gasteiger partial charge is 0.385 e. The van der Waals surface area contributed by atoms with Gasteiger partial charge in [0, 0.05) is 38.4 Å². The van der Waals surface area contributed by atoms with Crippen LogP contribution in [0, 0.1) is 11.6 Å². The quantitative estimate of drug-likeness (QED) is 0.734. The maximum atomic E-state index is 13.7.